The third-order valence-corrected chi connectivity index (χ3v) is 8.11. The van der Waals surface area contributed by atoms with Crippen molar-refractivity contribution in [1.29, 1.82) is 0 Å². The van der Waals surface area contributed by atoms with Gasteiger partial charge in [0.25, 0.3) is 10.0 Å². The van der Waals surface area contributed by atoms with Gasteiger partial charge in [0.15, 0.2) is 0 Å². The zero-order valence-corrected chi connectivity index (χ0v) is 17.1. The van der Waals surface area contributed by atoms with Crippen molar-refractivity contribution >= 4 is 33.2 Å². The fraction of sp³-hybridized carbons (Fsp3) is 0.238. The van der Waals surface area contributed by atoms with Gasteiger partial charge in [0, 0.05) is 11.6 Å². The number of fused-ring (bicyclic) bond motifs is 1. The molecule has 1 aliphatic heterocycles. The van der Waals surface area contributed by atoms with E-state index in [0.717, 1.165) is 17.5 Å². The summed E-state index contributed by atoms with van der Waals surface area (Å²) in [6.45, 7) is 5.83. The van der Waals surface area contributed by atoms with Crippen molar-refractivity contribution in [2.24, 2.45) is 5.92 Å². The van der Waals surface area contributed by atoms with E-state index >= 15 is 0 Å². The fourth-order valence-corrected chi connectivity index (χ4v) is 5.76. The van der Waals surface area contributed by atoms with Gasteiger partial charge in [0.05, 0.1) is 21.0 Å². The predicted molar refractivity (Wildman–Crippen MR) is 110 cm³/mol. The number of rotatable bonds is 4. The summed E-state index contributed by atoms with van der Waals surface area (Å²) in [4.78, 5) is 0.285. The molecule has 3 nitrogen and oxygen atoms in total. The lowest BCUT2D eigenvalue weighted by atomic mass is 9.89. The number of sulfonamides is 1. The van der Waals surface area contributed by atoms with Gasteiger partial charge in [-0.15, -0.1) is 6.58 Å². The SMILES string of the molecule is C=C[C@H]1[C@@H]2C[C@]2(c2ccc(Cl)c(Cl)c2)C=CN1S(=O)(=O)c1ccc(C)cc1. The number of benzene rings is 2. The standard InChI is InChI=1S/C21H19Cl2NO2S/c1-3-20-17-13-21(17,15-6-9-18(22)19(23)12-15)10-11-24(20)27(25,26)16-7-4-14(2)5-8-16/h3-12,17,20H,1,13H2,2H3/t17-,20-,21-/m0/s1. The van der Waals surface area contributed by atoms with Crippen LogP contribution in [-0.2, 0) is 15.4 Å². The zero-order chi connectivity index (χ0) is 19.4. The van der Waals surface area contributed by atoms with Gasteiger partial charge in [-0.1, -0.05) is 59.1 Å². The summed E-state index contributed by atoms with van der Waals surface area (Å²) in [6, 6.07) is 12.2. The first-order chi connectivity index (χ1) is 12.8. The molecule has 4 rings (SSSR count). The average molecular weight is 420 g/mol. The smallest absolute Gasteiger partial charge is 0.264 e. The van der Waals surface area contributed by atoms with E-state index in [1.165, 1.54) is 4.31 Å². The lowest BCUT2D eigenvalue weighted by Crippen LogP contribution is -2.40. The van der Waals surface area contributed by atoms with Crippen molar-refractivity contribution < 1.29 is 8.42 Å². The first-order valence-electron chi connectivity index (χ1n) is 8.67. The molecule has 140 valence electrons. The van der Waals surface area contributed by atoms with Crippen LogP contribution in [0.25, 0.3) is 0 Å². The van der Waals surface area contributed by atoms with Crippen LogP contribution in [0.2, 0.25) is 10.0 Å². The van der Waals surface area contributed by atoms with Gasteiger partial charge in [0.1, 0.15) is 0 Å². The van der Waals surface area contributed by atoms with Gasteiger partial charge < -0.3 is 0 Å². The summed E-state index contributed by atoms with van der Waals surface area (Å²) < 4.78 is 27.7. The molecule has 0 saturated heterocycles. The average Bonchev–Trinajstić information content (AvgIpc) is 3.39. The normalized spacial score (nSPS) is 26.6. The Balaban J connectivity index is 1.73. The molecule has 0 bridgehead atoms. The van der Waals surface area contributed by atoms with E-state index in [1.54, 1.807) is 42.6 Å². The van der Waals surface area contributed by atoms with Crippen molar-refractivity contribution in [3.05, 3.63) is 88.6 Å². The van der Waals surface area contributed by atoms with Crippen LogP contribution < -0.4 is 0 Å². The largest absolute Gasteiger partial charge is 0.266 e. The zero-order valence-electron chi connectivity index (χ0n) is 14.8. The molecule has 2 aromatic rings. The van der Waals surface area contributed by atoms with Gasteiger partial charge in [-0.25, -0.2) is 8.42 Å². The maximum absolute atomic E-state index is 13.2. The minimum absolute atomic E-state index is 0.123. The molecule has 0 aromatic heterocycles. The summed E-state index contributed by atoms with van der Waals surface area (Å²) >= 11 is 12.2. The van der Waals surface area contributed by atoms with E-state index in [2.05, 4.69) is 6.58 Å². The van der Waals surface area contributed by atoms with Crippen molar-refractivity contribution in [3.8, 4) is 0 Å². The molecule has 3 atom stereocenters. The Labute approximate surface area is 170 Å². The highest BCUT2D eigenvalue weighted by molar-refractivity contribution is 7.89. The molecule has 1 fully saturated rings. The predicted octanol–water partition coefficient (Wildman–Crippen LogP) is 5.33. The molecule has 27 heavy (non-hydrogen) atoms. The number of nitrogens with zero attached hydrogens (tertiary/aromatic N) is 1. The molecule has 0 radical (unpaired) electrons. The number of halogens is 2. The first-order valence-corrected chi connectivity index (χ1v) is 10.9. The maximum Gasteiger partial charge on any atom is 0.264 e. The third kappa shape index (κ3) is 2.91. The summed E-state index contributed by atoms with van der Waals surface area (Å²) in [5, 5.41) is 1.02. The monoisotopic (exact) mass is 419 g/mol. The Morgan fingerprint density at radius 2 is 1.85 bits per heavy atom. The highest BCUT2D eigenvalue weighted by atomic mass is 35.5. The summed E-state index contributed by atoms with van der Waals surface area (Å²) in [5.41, 5.74) is 1.86. The number of aryl methyl sites for hydroxylation is 1. The summed E-state index contributed by atoms with van der Waals surface area (Å²) in [7, 11) is -3.64. The Hall–Kier alpha value is -1.75. The highest BCUT2D eigenvalue weighted by Gasteiger charge is 2.60. The van der Waals surface area contributed by atoms with E-state index in [0.29, 0.717) is 10.0 Å². The second kappa shape index (κ2) is 6.40. The molecular formula is C21H19Cl2NO2S. The molecule has 0 amide bonds. The van der Waals surface area contributed by atoms with Crippen LogP contribution >= 0.6 is 23.2 Å². The van der Waals surface area contributed by atoms with Gasteiger partial charge in [-0.2, -0.15) is 0 Å². The molecular weight excluding hydrogens is 401 g/mol. The quantitative estimate of drug-likeness (QED) is 0.627. The van der Waals surface area contributed by atoms with Crippen LogP contribution in [0, 0.1) is 12.8 Å². The molecule has 2 aromatic carbocycles. The van der Waals surface area contributed by atoms with Crippen molar-refractivity contribution in [3.63, 3.8) is 0 Å². The van der Waals surface area contributed by atoms with Crippen molar-refractivity contribution in [2.75, 3.05) is 0 Å². The topological polar surface area (TPSA) is 37.4 Å². The molecule has 1 heterocycles. The van der Waals surface area contributed by atoms with Crippen LogP contribution in [0.3, 0.4) is 0 Å². The van der Waals surface area contributed by atoms with Gasteiger partial charge in [0.2, 0.25) is 0 Å². The minimum atomic E-state index is -3.64. The fourth-order valence-electron chi connectivity index (χ4n) is 3.96. The van der Waals surface area contributed by atoms with Crippen LogP contribution in [0.4, 0.5) is 0 Å². The second-order valence-electron chi connectivity index (χ2n) is 7.17. The van der Waals surface area contributed by atoms with Crippen LogP contribution in [0.1, 0.15) is 17.5 Å². The van der Waals surface area contributed by atoms with Gasteiger partial charge in [-0.05, 0) is 49.1 Å². The van der Waals surface area contributed by atoms with E-state index in [1.807, 2.05) is 25.1 Å². The lowest BCUT2D eigenvalue weighted by molar-refractivity contribution is 0.384. The minimum Gasteiger partial charge on any atom is -0.266 e. The number of allylic oxidation sites excluding steroid dienone is 1. The molecule has 0 unspecified atom stereocenters. The number of hydrogen-bond donors (Lipinski definition) is 0. The Kier molecular flexibility index (Phi) is 4.41. The maximum atomic E-state index is 13.2. The first kappa shape index (κ1) is 18.6. The van der Waals surface area contributed by atoms with Crippen LogP contribution in [0.15, 0.2) is 72.3 Å². The van der Waals surface area contributed by atoms with Crippen molar-refractivity contribution in [2.45, 2.75) is 29.7 Å². The van der Waals surface area contributed by atoms with Gasteiger partial charge in [-0.3, -0.25) is 4.31 Å². The summed E-state index contributed by atoms with van der Waals surface area (Å²) in [6.07, 6.45) is 6.22. The van der Waals surface area contributed by atoms with Crippen LogP contribution in [-0.4, -0.2) is 18.8 Å². The molecule has 1 aliphatic carbocycles. The van der Waals surface area contributed by atoms with E-state index < -0.39 is 10.0 Å². The van der Waals surface area contributed by atoms with E-state index in [4.69, 9.17) is 23.2 Å². The Bertz CT molecular complexity index is 1050. The molecule has 2 aliphatic rings. The second-order valence-corrected chi connectivity index (χ2v) is 9.83. The number of hydrogen-bond acceptors (Lipinski definition) is 2. The molecule has 0 spiro atoms. The lowest BCUT2D eigenvalue weighted by Gasteiger charge is -2.33. The summed E-state index contributed by atoms with van der Waals surface area (Å²) in [5.74, 6) is 0.123. The Morgan fingerprint density at radius 1 is 1.15 bits per heavy atom. The van der Waals surface area contributed by atoms with E-state index in [9.17, 15) is 8.42 Å². The highest BCUT2D eigenvalue weighted by Crippen LogP contribution is 2.61. The third-order valence-electron chi connectivity index (χ3n) is 5.58. The van der Waals surface area contributed by atoms with Gasteiger partial charge >= 0.3 is 0 Å². The molecule has 1 saturated carbocycles. The van der Waals surface area contributed by atoms with Crippen molar-refractivity contribution in [1.82, 2.24) is 4.31 Å². The van der Waals surface area contributed by atoms with E-state index in [-0.39, 0.29) is 22.3 Å². The Morgan fingerprint density at radius 3 is 2.48 bits per heavy atom. The molecule has 0 N–H and O–H groups in total. The van der Waals surface area contributed by atoms with Crippen LogP contribution in [0.5, 0.6) is 0 Å². The molecule has 6 heteroatoms.